The summed E-state index contributed by atoms with van der Waals surface area (Å²) in [4.78, 5) is 21.4. The number of phenols is 1. The van der Waals surface area contributed by atoms with Crippen LogP contribution < -0.4 is 0 Å². The molecule has 0 heterocycles. The lowest BCUT2D eigenvalue weighted by Crippen LogP contribution is -2.00. The zero-order valence-electron chi connectivity index (χ0n) is 10.0. The normalized spacial score (nSPS) is 10.2. The Bertz CT molecular complexity index is 709. The third-order valence-electron chi connectivity index (χ3n) is 2.76. The third kappa shape index (κ3) is 2.44. The van der Waals surface area contributed by atoms with Crippen molar-refractivity contribution in [3.63, 3.8) is 0 Å². The first kappa shape index (κ1) is 13.5. The first-order valence-corrected chi connectivity index (χ1v) is 5.49. The fourth-order valence-electron chi connectivity index (χ4n) is 1.76. The van der Waals surface area contributed by atoms with Crippen molar-refractivity contribution >= 4 is 11.9 Å². The van der Waals surface area contributed by atoms with Gasteiger partial charge in [-0.3, -0.25) is 0 Å². The Morgan fingerprint density at radius 2 is 1.65 bits per heavy atom. The topological polar surface area (TPSA) is 94.8 Å². The lowest BCUT2D eigenvalue weighted by atomic mass is 10.0. The van der Waals surface area contributed by atoms with Crippen LogP contribution in [0.15, 0.2) is 36.4 Å². The molecule has 2 rings (SSSR count). The second-order valence-corrected chi connectivity index (χ2v) is 4.04. The molecule has 0 aliphatic rings. The van der Waals surface area contributed by atoms with Crippen LogP contribution in [0.3, 0.4) is 0 Å². The number of hydrogen-bond donors (Lipinski definition) is 3. The Morgan fingerprint density at radius 1 is 0.950 bits per heavy atom. The molecule has 102 valence electrons. The summed E-state index contributed by atoms with van der Waals surface area (Å²) < 4.78 is 13.6. The van der Waals surface area contributed by atoms with Gasteiger partial charge in [0, 0.05) is 5.56 Å². The zero-order valence-corrected chi connectivity index (χ0v) is 10.0. The van der Waals surface area contributed by atoms with Crippen LogP contribution in [0.4, 0.5) is 4.39 Å². The van der Waals surface area contributed by atoms with E-state index in [1.165, 1.54) is 18.2 Å². The highest BCUT2D eigenvalue weighted by Crippen LogP contribution is 2.31. The van der Waals surface area contributed by atoms with Gasteiger partial charge in [0.2, 0.25) is 0 Å². The molecule has 0 atom stereocenters. The molecule has 6 heteroatoms. The molecule has 0 unspecified atom stereocenters. The van der Waals surface area contributed by atoms with Gasteiger partial charge in [0.05, 0.1) is 11.1 Å². The van der Waals surface area contributed by atoms with Crippen molar-refractivity contribution in [2.24, 2.45) is 0 Å². The SMILES string of the molecule is O=C(O)c1ccc(-c2ccc(C(=O)O)c(F)c2)c(O)c1. The molecule has 0 bridgehead atoms. The van der Waals surface area contributed by atoms with Crippen LogP contribution in [0.25, 0.3) is 11.1 Å². The van der Waals surface area contributed by atoms with E-state index in [1.54, 1.807) is 0 Å². The number of carbonyl (C=O) groups is 2. The summed E-state index contributed by atoms with van der Waals surface area (Å²) in [5, 5.41) is 27.3. The molecule has 0 saturated heterocycles. The highest BCUT2D eigenvalue weighted by atomic mass is 19.1. The van der Waals surface area contributed by atoms with Crippen LogP contribution in [0.2, 0.25) is 0 Å². The van der Waals surface area contributed by atoms with Crippen molar-refractivity contribution in [2.75, 3.05) is 0 Å². The van der Waals surface area contributed by atoms with Crippen LogP contribution >= 0.6 is 0 Å². The van der Waals surface area contributed by atoms with Gasteiger partial charge in [-0.1, -0.05) is 6.07 Å². The van der Waals surface area contributed by atoms with Crippen molar-refractivity contribution < 1.29 is 29.3 Å². The van der Waals surface area contributed by atoms with Gasteiger partial charge in [0.25, 0.3) is 0 Å². The van der Waals surface area contributed by atoms with E-state index in [-0.39, 0.29) is 22.4 Å². The summed E-state index contributed by atoms with van der Waals surface area (Å²) in [7, 11) is 0. The number of carboxylic acids is 2. The van der Waals surface area contributed by atoms with Crippen LogP contribution in [0, 0.1) is 5.82 Å². The van der Waals surface area contributed by atoms with Crippen molar-refractivity contribution in [3.05, 3.63) is 53.3 Å². The van der Waals surface area contributed by atoms with Gasteiger partial charge in [-0.05, 0) is 35.9 Å². The standard InChI is InChI=1S/C14H9FO5/c15-11-5-7(1-4-10(11)14(19)20)9-3-2-8(13(17)18)6-12(9)16/h1-6,16H,(H,17,18)(H,19,20). The number of carboxylic acid groups (broad SMARTS) is 2. The minimum atomic E-state index is -1.39. The summed E-state index contributed by atoms with van der Waals surface area (Å²) >= 11 is 0. The molecule has 20 heavy (non-hydrogen) atoms. The summed E-state index contributed by atoms with van der Waals surface area (Å²) in [6.45, 7) is 0. The molecular weight excluding hydrogens is 267 g/mol. The fourth-order valence-corrected chi connectivity index (χ4v) is 1.76. The van der Waals surface area contributed by atoms with E-state index in [2.05, 4.69) is 0 Å². The highest BCUT2D eigenvalue weighted by molar-refractivity contribution is 5.91. The molecular formula is C14H9FO5. The second kappa shape index (κ2) is 5.00. The van der Waals surface area contributed by atoms with Gasteiger partial charge in [0.15, 0.2) is 0 Å². The third-order valence-corrected chi connectivity index (χ3v) is 2.76. The van der Waals surface area contributed by atoms with Gasteiger partial charge >= 0.3 is 11.9 Å². The van der Waals surface area contributed by atoms with Crippen LogP contribution in [-0.4, -0.2) is 27.3 Å². The molecule has 5 nitrogen and oxygen atoms in total. The minimum Gasteiger partial charge on any atom is -0.507 e. The van der Waals surface area contributed by atoms with Crippen molar-refractivity contribution in [1.29, 1.82) is 0 Å². The maximum Gasteiger partial charge on any atom is 0.338 e. The molecule has 2 aromatic rings. The lowest BCUT2D eigenvalue weighted by Gasteiger charge is -2.07. The van der Waals surface area contributed by atoms with E-state index in [4.69, 9.17) is 10.2 Å². The molecule has 3 N–H and O–H groups in total. The molecule has 0 amide bonds. The Hall–Kier alpha value is -2.89. The maximum atomic E-state index is 13.6. The Morgan fingerprint density at radius 3 is 2.15 bits per heavy atom. The average molecular weight is 276 g/mol. The number of benzene rings is 2. The van der Waals surface area contributed by atoms with Gasteiger partial charge in [-0.25, -0.2) is 14.0 Å². The highest BCUT2D eigenvalue weighted by Gasteiger charge is 2.14. The summed E-state index contributed by atoms with van der Waals surface area (Å²) in [6.07, 6.45) is 0. The number of rotatable bonds is 3. The van der Waals surface area contributed by atoms with Gasteiger partial charge in [-0.2, -0.15) is 0 Å². The quantitative estimate of drug-likeness (QED) is 0.800. The zero-order chi connectivity index (χ0) is 14.9. The molecule has 0 aromatic heterocycles. The minimum absolute atomic E-state index is 0.103. The second-order valence-electron chi connectivity index (χ2n) is 4.04. The average Bonchev–Trinajstić information content (AvgIpc) is 2.37. The fraction of sp³-hybridized carbons (Fsp3) is 0. The number of halogens is 1. The number of aromatic hydroxyl groups is 1. The molecule has 0 spiro atoms. The van der Waals surface area contributed by atoms with Crippen molar-refractivity contribution in [1.82, 2.24) is 0 Å². The van der Waals surface area contributed by atoms with E-state index < -0.39 is 23.3 Å². The van der Waals surface area contributed by atoms with Crippen LogP contribution in [0.1, 0.15) is 20.7 Å². The van der Waals surface area contributed by atoms with Gasteiger partial charge in [-0.15, -0.1) is 0 Å². The predicted octanol–water partition coefficient (Wildman–Crippen LogP) is 2.59. The van der Waals surface area contributed by atoms with E-state index in [0.29, 0.717) is 0 Å². The van der Waals surface area contributed by atoms with E-state index in [0.717, 1.165) is 18.2 Å². The summed E-state index contributed by atoms with van der Waals surface area (Å²) in [5.74, 6) is -3.84. The predicted molar refractivity (Wildman–Crippen MR) is 67.4 cm³/mol. The molecule has 0 aliphatic heterocycles. The molecule has 2 aromatic carbocycles. The summed E-state index contributed by atoms with van der Waals surface area (Å²) in [5.41, 5.74) is -0.114. The Balaban J connectivity index is 2.49. The van der Waals surface area contributed by atoms with Crippen molar-refractivity contribution in [2.45, 2.75) is 0 Å². The summed E-state index contributed by atoms with van der Waals surface area (Å²) in [6, 6.07) is 7.02. The smallest absolute Gasteiger partial charge is 0.338 e. The van der Waals surface area contributed by atoms with E-state index in [9.17, 15) is 19.1 Å². The molecule has 0 aliphatic carbocycles. The lowest BCUT2D eigenvalue weighted by molar-refractivity contribution is 0.0683. The first-order valence-electron chi connectivity index (χ1n) is 5.49. The largest absolute Gasteiger partial charge is 0.507 e. The first-order chi connectivity index (χ1) is 9.40. The van der Waals surface area contributed by atoms with Crippen LogP contribution in [-0.2, 0) is 0 Å². The monoisotopic (exact) mass is 276 g/mol. The Kier molecular flexibility index (Phi) is 3.39. The van der Waals surface area contributed by atoms with E-state index >= 15 is 0 Å². The molecule has 0 saturated carbocycles. The maximum absolute atomic E-state index is 13.6. The number of hydrogen-bond acceptors (Lipinski definition) is 3. The molecule has 0 radical (unpaired) electrons. The number of aromatic carboxylic acids is 2. The van der Waals surface area contributed by atoms with E-state index in [1.807, 2.05) is 0 Å². The van der Waals surface area contributed by atoms with Gasteiger partial charge < -0.3 is 15.3 Å². The van der Waals surface area contributed by atoms with Gasteiger partial charge in [0.1, 0.15) is 11.6 Å². The van der Waals surface area contributed by atoms with Crippen LogP contribution in [0.5, 0.6) is 5.75 Å². The molecule has 0 fully saturated rings. The van der Waals surface area contributed by atoms with Crippen molar-refractivity contribution in [3.8, 4) is 16.9 Å². The Labute approximate surface area is 112 Å². The number of phenolic OH excluding ortho intramolecular Hbond substituents is 1.